The zero-order chi connectivity index (χ0) is 18.3. The molecule has 1 aromatic rings. The van der Waals surface area contributed by atoms with E-state index in [1.54, 1.807) is 6.92 Å². The van der Waals surface area contributed by atoms with Crippen molar-refractivity contribution in [2.75, 3.05) is 32.8 Å². The Morgan fingerprint density at radius 1 is 1.19 bits per heavy atom. The fraction of sp³-hybridized carbons (Fsp3) is 0.700. The number of piperidine rings is 1. The van der Waals surface area contributed by atoms with Gasteiger partial charge in [-0.1, -0.05) is 0 Å². The minimum absolute atomic E-state index is 0.0842. The van der Waals surface area contributed by atoms with Gasteiger partial charge in [0, 0.05) is 51.3 Å². The van der Waals surface area contributed by atoms with Gasteiger partial charge in [-0.3, -0.25) is 9.59 Å². The standard InChI is InChI=1S/C20H29N3O3/c1-15(24)23-10-4-3-5-17(23)16-6-7-18(21(16)2)19(25)22-11-8-20(13-22)9-12-26-14-20/h6-7,17H,3-5,8-14H2,1-2H3/t17-,20+/m0/s1. The molecule has 6 heteroatoms. The SMILES string of the molecule is CC(=O)N1CCCC[C@H]1c1ccc(C(=O)N2CC[C@@]3(CCOC3)C2)n1C. The van der Waals surface area contributed by atoms with Crippen LogP contribution >= 0.6 is 0 Å². The topological polar surface area (TPSA) is 54.8 Å². The average molecular weight is 359 g/mol. The molecule has 3 fully saturated rings. The van der Waals surface area contributed by atoms with Crippen molar-refractivity contribution in [1.82, 2.24) is 14.4 Å². The molecule has 3 aliphatic heterocycles. The highest BCUT2D eigenvalue weighted by molar-refractivity contribution is 5.93. The third-order valence-electron chi connectivity index (χ3n) is 6.54. The maximum Gasteiger partial charge on any atom is 0.270 e. The first-order valence-corrected chi connectivity index (χ1v) is 9.81. The molecule has 142 valence electrons. The summed E-state index contributed by atoms with van der Waals surface area (Å²) in [6.07, 6.45) is 5.25. The van der Waals surface area contributed by atoms with E-state index in [-0.39, 0.29) is 23.3 Å². The summed E-state index contributed by atoms with van der Waals surface area (Å²) in [6, 6.07) is 4.05. The van der Waals surface area contributed by atoms with Gasteiger partial charge in [0.1, 0.15) is 5.69 Å². The molecule has 1 spiro atoms. The first-order chi connectivity index (χ1) is 12.5. The maximum absolute atomic E-state index is 13.1. The lowest BCUT2D eigenvalue weighted by Gasteiger charge is -2.35. The van der Waals surface area contributed by atoms with Crippen molar-refractivity contribution in [1.29, 1.82) is 0 Å². The molecule has 0 aliphatic carbocycles. The first-order valence-electron chi connectivity index (χ1n) is 9.81. The van der Waals surface area contributed by atoms with Crippen LogP contribution in [0.5, 0.6) is 0 Å². The Balaban J connectivity index is 1.53. The zero-order valence-electron chi connectivity index (χ0n) is 15.9. The summed E-state index contributed by atoms with van der Waals surface area (Å²) in [5.74, 6) is 0.221. The van der Waals surface area contributed by atoms with Crippen molar-refractivity contribution in [3.05, 3.63) is 23.5 Å². The Hall–Kier alpha value is -1.82. The molecule has 3 saturated heterocycles. The second-order valence-electron chi connectivity index (χ2n) is 8.21. The second kappa shape index (κ2) is 6.72. The van der Waals surface area contributed by atoms with Crippen molar-refractivity contribution >= 4 is 11.8 Å². The molecule has 0 radical (unpaired) electrons. The molecule has 0 N–H and O–H groups in total. The summed E-state index contributed by atoms with van der Waals surface area (Å²) < 4.78 is 7.58. The van der Waals surface area contributed by atoms with Crippen LogP contribution in [-0.4, -0.2) is 59.0 Å². The Morgan fingerprint density at radius 3 is 2.77 bits per heavy atom. The molecule has 6 nitrogen and oxygen atoms in total. The maximum atomic E-state index is 13.1. The smallest absolute Gasteiger partial charge is 0.270 e. The number of ether oxygens (including phenoxy) is 1. The fourth-order valence-electron chi connectivity index (χ4n) is 4.93. The minimum atomic E-state index is 0.0842. The van der Waals surface area contributed by atoms with Gasteiger partial charge in [0.25, 0.3) is 5.91 Å². The van der Waals surface area contributed by atoms with Crippen molar-refractivity contribution in [3.8, 4) is 0 Å². The molecule has 4 rings (SSSR count). The van der Waals surface area contributed by atoms with Crippen LogP contribution in [0, 0.1) is 5.41 Å². The van der Waals surface area contributed by atoms with E-state index >= 15 is 0 Å². The number of carbonyl (C=O) groups is 2. The van der Waals surface area contributed by atoms with Crippen molar-refractivity contribution in [2.24, 2.45) is 12.5 Å². The Kier molecular flexibility index (Phi) is 4.55. The predicted molar refractivity (Wildman–Crippen MR) is 97.8 cm³/mol. The highest BCUT2D eigenvalue weighted by atomic mass is 16.5. The molecular formula is C20H29N3O3. The summed E-state index contributed by atoms with van der Waals surface area (Å²) in [6.45, 7) is 5.66. The Labute approximate surface area is 155 Å². The highest BCUT2D eigenvalue weighted by Gasteiger charge is 2.43. The third-order valence-corrected chi connectivity index (χ3v) is 6.54. The van der Waals surface area contributed by atoms with E-state index in [1.165, 1.54) is 0 Å². The van der Waals surface area contributed by atoms with Crippen LogP contribution in [0.1, 0.15) is 61.3 Å². The molecule has 2 atom stereocenters. The van der Waals surface area contributed by atoms with Crippen LogP contribution in [0.25, 0.3) is 0 Å². The number of rotatable bonds is 2. The number of aromatic nitrogens is 1. The molecule has 26 heavy (non-hydrogen) atoms. The van der Waals surface area contributed by atoms with Crippen LogP contribution in [0.3, 0.4) is 0 Å². The van der Waals surface area contributed by atoms with Crippen LogP contribution in [0.4, 0.5) is 0 Å². The van der Waals surface area contributed by atoms with Gasteiger partial charge in [-0.15, -0.1) is 0 Å². The predicted octanol–water partition coefficient (Wildman–Crippen LogP) is 2.35. The van der Waals surface area contributed by atoms with E-state index in [0.717, 1.165) is 76.3 Å². The average Bonchev–Trinajstić information content (AvgIpc) is 3.36. The first kappa shape index (κ1) is 17.6. The monoisotopic (exact) mass is 359 g/mol. The second-order valence-corrected chi connectivity index (χ2v) is 8.21. The largest absolute Gasteiger partial charge is 0.381 e. The molecule has 0 unspecified atom stereocenters. The van der Waals surface area contributed by atoms with Gasteiger partial charge in [-0.05, 0) is 44.2 Å². The minimum Gasteiger partial charge on any atom is -0.381 e. The Morgan fingerprint density at radius 2 is 2.04 bits per heavy atom. The summed E-state index contributed by atoms with van der Waals surface area (Å²) in [5, 5.41) is 0. The lowest BCUT2D eigenvalue weighted by molar-refractivity contribution is -0.132. The van der Waals surface area contributed by atoms with Crippen LogP contribution < -0.4 is 0 Å². The number of likely N-dealkylation sites (tertiary alicyclic amines) is 2. The van der Waals surface area contributed by atoms with Crippen molar-refractivity contribution < 1.29 is 14.3 Å². The number of amides is 2. The fourth-order valence-corrected chi connectivity index (χ4v) is 4.93. The van der Waals surface area contributed by atoms with Crippen molar-refractivity contribution in [2.45, 2.75) is 45.1 Å². The van der Waals surface area contributed by atoms with E-state index in [1.807, 2.05) is 33.5 Å². The van der Waals surface area contributed by atoms with E-state index in [9.17, 15) is 9.59 Å². The van der Waals surface area contributed by atoms with E-state index in [0.29, 0.717) is 0 Å². The molecule has 3 aliphatic rings. The molecule has 1 aromatic heterocycles. The number of hydrogen-bond acceptors (Lipinski definition) is 3. The highest BCUT2D eigenvalue weighted by Crippen LogP contribution is 2.39. The molecule has 2 amide bonds. The van der Waals surface area contributed by atoms with Gasteiger partial charge in [-0.25, -0.2) is 0 Å². The summed E-state index contributed by atoms with van der Waals surface area (Å²) in [4.78, 5) is 29.1. The number of hydrogen-bond donors (Lipinski definition) is 0. The van der Waals surface area contributed by atoms with Gasteiger partial charge >= 0.3 is 0 Å². The zero-order valence-corrected chi connectivity index (χ0v) is 15.9. The van der Waals surface area contributed by atoms with Gasteiger partial charge in [-0.2, -0.15) is 0 Å². The molecular weight excluding hydrogens is 330 g/mol. The van der Waals surface area contributed by atoms with E-state index in [2.05, 4.69) is 0 Å². The van der Waals surface area contributed by atoms with E-state index in [4.69, 9.17) is 4.74 Å². The Bertz CT molecular complexity index is 705. The van der Waals surface area contributed by atoms with Crippen molar-refractivity contribution in [3.63, 3.8) is 0 Å². The number of carbonyl (C=O) groups excluding carboxylic acids is 2. The third kappa shape index (κ3) is 2.94. The summed E-state index contributed by atoms with van der Waals surface area (Å²) in [5.41, 5.74) is 1.98. The molecule has 0 bridgehead atoms. The lowest BCUT2D eigenvalue weighted by atomic mass is 9.87. The van der Waals surface area contributed by atoms with Crippen LogP contribution in [-0.2, 0) is 16.6 Å². The molecule has 0 aromatic carbocycles. The van der Waals surface area contributed by atoms with Gasteiger partial charge < -0.3 is 19.1 Å². The van der Waals surface area contributed by atoms with Gasteiger partial charge in [0.15, 0.2) is 0 Å². The lowest BCUT2D eigenvalue weighted by Crippen LogP contribution is -2.38. The van der Waals surface area contributed by atoms with Crippen LogP contribution in [0.15, 0.2) is 12.1 Å². The van der Waals surface area contributed by atoms with Gasteiger partial charge in [0.05, 0.1) is 12.6 Å². The normalized spacial score (nSPS) is 28.9. The van der Waals surface area contributed by atoms with E-state index < -0.39 is 0 Å². The summed E-state index contributed by atoms with van der Waals surface area (Å²) >= 11 is 0. The van der Waals surface area contributed by atoms with Gasteiger partial charge in [0.2, 0.25) is 5.91 Å². The summed E-state index contributed by atoms with van der Waals surface area (Å²) in [7, 11) is 1.96. The quantitative estimate of drug-likeness (QED) is 0.814. The van der Waals surface area contributed by atoms with Crippen LogP contribution in [0.2, 0.25) is 0 Å². The number of nitrogens with zero attached hydrogens (tertiary/aromatic N) is 3. The molecule has 0 saturated carbocycles. The molecule has 4 heterocycles.